The van der Waals surface area contributed by atoms with Crippen molar-refractivity contribution in [1.29, 1.82) is 0 Å². The fraction of sp³-hybridized carbons (Fsp3) is 0.391. The van der Waals surface area contributed by atoms with Crippen LogP contribution in [0.4, 0.5) is 5.69 Å². The second-order valence-corrected chi connectivity index (χ2v) is 8.62. The van der Waals surface area contributed by atoms with Crippen molar-refractivity contribution in [3.8, 4) is 0 Å². The Morgan fingerprint density at radius 1 is 0.971 bits per heavy atom. The number of halogens is 2. The van der Waals surface area contributed by atoms with Gasteiger partial charge in [-0.15, -0.1) is 0 Å². The summed E-state index contributed by atoms with van der Waals surface area (Å²) in [5.74, 6) is -1.45. The molecule has 1 heterocycles. The smallest absolute Gasteiger partial charge is 0.246 e. The first-order valence-electron chi connectivity index (χ1n) is 11.1. The summed E-state index contributed by atoms with van der Waals surface area (Å²) >= 11 is 11.8. The minimum Gasteiger partial charge on any atom is -0.343 e. The van der Waals surface area contributed by atoms with Gasteiger partial charge in [0.25, 0.3) is 0 Å². The quantitative estimate of drug-likeness (QED) is 0.243. The summed E-state index contributed by atoms with van der Waals surface area (Å²) in [6.45, 7) is 1.14. The highest BCUT2D eigenvalue weighted by atomic mass is 35.5. The van der Waals surface area contributed by atoms with Gasteiger partial charge in [0.15, 0.2) is 0 Å². The molecule has 0 aliphatic carbocycles. The number of anilines is 1. The Bertz CT molecular complexity index is 968. The third-order valence-electron chi connectivity index (χ3n) is 5.11. The van der Waals surface area contributed by atoms with Gasteiger partial charge in [-0.3, -0.25) is 14.4 Å². The Kier molecular flexibility index (Phi) is 11.9. The van der Waals surface area contributed by atoms with Crippen LogP contribution >= 0.6 is 23.2 Å². The molecule has 10 nitrogen and oxygen atoms in total. The molecule has 0 saturated carbocycles. The van der Waals surface area contributed by atoms with Crippen molar-refractivity contribution in [2.75, 3.05) is 31.5 Å². The fourth-order valence-corrected chi connectivity index (χ4v) is 3.81. The largest absolute Gasteiger partial charge is 0.343 e. The molecule has 190 valence electrons. The molecule has 2 aromatic rings. The van der Waals surface area contributed by atoms with Gasteiger partial charge < -0.3 is 32.7 Å². The van der Waals surface area contributed by atoms with Crippen LogP contribution in [0.25, 0.3) is 0 Å². The topological polar surface area (TPSA) is 169 Å². The number of carbonyl (C=O) groups excluding carboxylic acids is 3. The van der Waals surface area contributed by atoms with Crippen LogP contribution in [0, 0.1) is 0 Å². The van der Waals surface area contributed by atoms with Gasteiger partial charge in [-0.2, -0.15) is 0 Å². The molecule has 2 rings (SSSR count). The highest BCUT2D eigenvalue weighted by molar-refractivity contribution is 6.33. The van der Waals surface area contributed by atoms with Crippen molar-refractivity contribution in [1.82, 2.24) is 15.2 Å². The van der Waals surface area contributed by atoms with Crippen molar-refractivity contribution >= 4 is 46.6 Å². The summed E-state index contributed by atoms with van der Waals surface area (Å²) in [5.41, 5.74) is 18.4. The van der Waals surface area contributed by atoms with E-state index in [-0.39, 0.29) is 35.7 Å². The molecule has 1 aromatic carbocycles. The zero-order valence-electron chi connectivity index (χ0n) is 19.3. The number of nitrogens with two attached hydrogens (primary N) is 3. The van der Waals surface area contributed by atoms with E-state index in [9.17, 15) is 14.4 Å². The lowest BCUT2D eigenvalue weighted by Gasteiger charge is -2.24. The monoisotopic (exact) mass is 523 g/mol. The summed E-state index contributed by atoms with van der Waals surface area (Å²) in [6.07, 6.45) is 0.571. The van der Waals surface area contributed by atoms with Gasteiger partial charge in [-0.05, 0) is 30.5 Å². The van der Waals surface area contributed by atoms with Crippen LogP contribution in [-0.4, -0.2) is 65.9 Å². The third kappa shape index (κ3) is 9.79. The molecule has 0 spiro atoms. The number of nitrogens with zero attached hydrogens (tertiary/aromatic N) is 2. The average molecular weight is 524 g/mol. The van der Waals surface area contributed by atoms with Gasteiger partial charge >= 0.3 is 0 Å². The Hall–Kier alpha value is -2.76. The molecule has 0 saturated heterocycles. The van der Waals surface area contributed by atoms with E-state index in [1.54, 1.807) is 0 Å². The number of benzene rings is 1. The number of aryl methyl sites for hydroxylation is 1. The molecule has 0 fully saturated rings. The molecule has 0 aliphatic heterocycles. The molecule has 8 N–H and O–H groups in total. The van der Waals surface area contributed by atoms with Gasteiger partial charge in [-0.25, -0.2) is 4.98 Å². The summed E-state index contributed by atoms with van der Waals surface area (Å²) in [7, 11) is 0. The standard InChI is InChI=1S/C23H31Cl2N7O3/c24-19-12-16(13-20(25)31-19)29-23(35)18(7-6-15-4-2-1-3-5-15)30-22(34)17(28)14-21(33)32(10-8-26)11-9-27/h1-5,12-13,17-18H,6-11,14,26-28H2,(H,30,34)(H,29,31,35)/t17-,18-/m0/s1. The minimum absolute atomic E-state index is 0.109. The first-order chi connectivity index (χ1) is 16.7. The van der Waals surface area contributed by atoms with E-state index in [1.807, 2.05) is 30.3 Å². The number of amides is 3. The summed E-state index contributed by atoms with van der Waals surface area (Å²) in [6, 6.07) is 10.3. The lowest BCUT2D eigenvalue weighted by atomic mass is 10.0. The lowest BCUT2D eigenvalue weighted by molar-refractivity contribution is -0.134. The van der Waals surface area contributed by atoms with Gasteiger partial charge in [0.05, 0.1) is 12.5 Å². The zero-order chi connectivity index (χ0) is 25.8. The molecule has 2 atom stereocenters. The number of pyridine rings is 1. The molecular formula is C23H31Cl2N7O3. The third-order valence-corrected chi connectivity index (χ3v) is 5.50. The van der Waals surface area contributed by atoms with Crippen LogP contribution in [0.2, 0.25) is 10.3 Å². The zero-order valence-corrected chi connectivity index (χ0v) is 20.8. The molecule has 0 unspecified atom stereocenters. The Labute approximate surface area is 214 Å². The molecular weight excluding hydrogens is 493 g/mol. The van der Waals surface area contributed by atoms with Crippen molar-refractivity contribution < 1.29 is 14.4 Å². The number of hydrogen-bond donors (Lipinski definition) is 5. The Morgan fingerprint density at radius 2 is 1.57 bits per heavy atom. The first-order valence-corrected chi connectivity index (χ1v) is 11.9. The van der Waals surface area contributed by atoms with Crippen LogP contribution in [0.3, 0.4) is 0 Å². The van der Waals surface area contributed by atoms with Gasteiger partial charge in [0.1, 0.15) is 16.3 Å². The predicted molar refractivity (Wildman–Crippen MR) is 137 cm³/mol. The minimum atomic E-state index is -1.16. The summed E-state index contributed by atoms with van der Waals surface area (Å²) in [4.78, 5) is 43.7. The summed E-state index contributed by atoms with van der Waals surface area (Å²) < 4.78 is 0. The molecule has 12 heteroatoms. The van der Waals surface area contributed by atoms with Crippen molar-refractivity contribution in [3.63, 3.8) is 0 Å². The number of rotatable bonds is 13. The highest BCUT2D eigenvalue weighted by Crippen LogP contribution is 2.19. The number of hydrogen-bond acceptors (Lipinski definition) is 7. The lowest BCUT2D eigenvalue weighted by Crippen LogP contribution is -2.52. The van der Waals surface area contributed by atoms with E-state index >= 15 is 0 Å². The van der Waals surface area contributed by atoms with Crippen LogP contribution < -0.4 is 27.8 Å². The average Bonchev–Trinajstić information content (AvgIpc) is 2.81. The molecule has 3 amide bonds. The van der Waals surface area contributed by atoms with Crippen LogP contribution in [0.15, 0.2) is 42.5 Å². The maximum absolute atomic E-state index is 13.0. The van der Waals surface area contributed by atoms with E-state index in [0.717, 1.165) is 5.56 Å². The van der Waals surface area contributed by atoms with Gasteiger partial charge in [-0.1, -0.05) is 53.5 Å². The number of nitrogens with one attached hydrogen (secondary N) is 2. The van der Waals surface area contributed by atoms with E-state index < -0.39 is 23.9 Å². The maximum Gasteiger partial charge on any atom is 0.246 e. The normalized spacial score (nSPS) is 12.5. The fourth-order valence-electron chi connectivity index (χ4n) is 3.35. The predicted octanol–water partition coefficient (Wildman–Crippen LogP) is 0.908. The van der Waals surface area contributed by atoms with Crippen LogP contribution in [0.1, 0.15) is 18.4 Å². The van der Waals surface area contributed by atoms with Crippen LogP contribution in [0.5, 0.6) is 0 Å². The van der Waals surface area contributed by atoms with E-state index in [2.05, 4.69) is 15.6 Å². The van der Waals surface area contributed by atoms with Crippen molar-refractivity contribution in [2.24, 2.45) is 17.2 Å². The molecule has 1 aromatic heterocycles. The van der Waals surface area contributed by atoms with Crippen molar-refractivity contribution in [3.05, 3.63) is 58.3 Å². The summed E-state index contributed by atoms with van der Waals surface area (Å²) in [5, 5.41) is 5.58. The van der Waals surface area contributed by atoms with Gasteiger partial charge in [0, 0.05) is 31.9 Å². The molecule has 0 radical (unpaired) electrons. The molecule has 0 bridgehead atoms. The van der Waals surface area contributed by atoms with Gasteiger partial charge in [0.2, 0.25) is 17.7 Å². The molecule has 0 aliphatic rings. The Balaban J connectivity index is 2.10. The van der Waals surface area contributed by atoms with E-state index in [1.165, 1.54) is 17.0 Å². The SMILES string of the molecule is NCCN(CCN)C(=O)C[C@H](N)C(=O)N[C@@H](CCc1ccccc1)C(=O)Nc1cc(Cl)nc(Cl)c1. The van der Waals surface area contributed by atoms with E-state index in [4.69, 9.17) is 40.4 Å². The van der Waals surface area contributed by atoms with E-state index in [0.29, 0.717) is 31.6 Å². The second-order valence-electron chi connectivity index (χ2n) is 7.84. The second kappa shape index (κ2) is 14.6. The van der Waals surface area contributed by atoms with Crippen molar-refractivity contribution in [2.45, 2.75) is 31.3 Å². The Morgan fingerprint density at radius 3 is 2.14 bits per heavy atom. The number of aromatic nitrogens is 1. The number of carbonyl (C=O) groups is 3. The maximum atomic E-state index is 13.0. The molecule has 35 heavy (non-hydrogen) atoms. The van der Waals surface area contributed by atoms with Crippen LogP contribution in [-0.2, 0) is 20.8 Å². The first kappa shape index (κ1) is 28.5. The highest BCUT2D eigenvalue weighted by Gasteiger charge is 2.26.